The van der Waals surface area contributed by atoms with Gasteiger partial charge in [0.15, 0.2) is 6.10 Å². The number of carbonyl (C=O) groups excluding carboxylic acids is 2. The van der Waals surface area contributed by atoms with E-state index < -0.39 is 6.10 Å². The number of ether oxygens (including phenoxy) is 1. The Hall–Kier alpha value is -1.32. The third-order valence-corrected chi connectivity index (χ3v) is 1.60. The van der Waals surface area contributed by atoms with Gasteiger partial charge in [-0.3, -0.25) is 9.59 Å². The molecule has 0 aliphatic carbocycles. The first kappa shape index (κ1) is 8.77. The molecule has 4 heteroatoms. The van der Waals surface area contributed by atoms with E-state index >= 15 is 0 Å². The lowest BCUT2D eigenvalue weighted by molar-refractivity contribution is -0.148. The molecule has 1 N–H and O–H groups in total. The molecule has 66 valence electrons. The molecule has 1 rings (SSSR count). The number of hydrogen-bond donors (Lipinski definition) is 1. The van der Waals surface area contributed by atoms with Crippen molar-refractivity contribution in [2.75, 3.05) is 6.54 Å². The lowest BCUT2D eigenvalue weighted by Crippen LogP contribution is -2.34. The zero-order valence-electron chi connectivity index (χ0n) is 6.71. The Morgan fingerprint density at radius 3 is 3.08 bits per heavy atom. The van der Waals surface area contributed by atoms with Crippen LogP contribution in [0.1, 0.15) is 12.8 Å². The highest BCUT2D eigenvalue weighted by Crippen LogP contribution is 2.13. The highest BCUT2D eigenvalue weighted by molar-refractivity contribution is 5.86. The summed E-state index contributed by atoms with van der Waals surface area (Å²) in [6, 6.07) is 0. The molecule has 0 aromatic heterocycles. The lowest BCUT2D eigenvalue weighted by atomic mass is 10.2. The number of amides is 1. The molecule has 0 spiro atoms. The van der Waals surface area contributed by atoms with Gasteiger partial charge in [-0.1, -0.05) is 6.08 Å². The van der Waals surface area contributed by atoms with Crippen molar-refractivity contribution >= 4 is 11.9 Å². The van der Waals surface area contributed by atoms with Gasteiger partial charge >= 0.3 is 5.97 Å². The van der Waals surface area contributed by atoms with E-state index in [1.807, 2.05) is 0 Å². The summed E-state index contributed by atoms with van der Waals surface area (Å²) in [5, 5.41) is 2.56. The van der Waals surface area contributed by atoms with Crippen LogP contribution in [0.15, 0.2) is 12.7 Å². The summed E-state index contributed by atoms with van der Waals surface area (Å²) in [6.45, 7) is 3.86. The van der Waals surface area contributed by atoms with Crippen molar-refractivity contribution in [3.05, 3.63) is 12.7 Å². The highest BCUT2D eigenvalue weighted by Gasteiger charge is 2.28. The van der Waals surface area contributed by atoms with Gasteiger partial charge in [0.05, 0.1) is 0 Å². The van der Waals surface area contributed by atoms with Crippen LogP contribution in [0.5, 0.6) is 0 Å². The number of carbonyl (C=O) groups is 2. The van der Waals surface area contributed by atoms with Crippen LogP contribution in [-0.4, -0.2) is 24.5 Å². The molecule has 1 aliphatic heterocycles. The summed E-state index contributed by atoms with van der Waals surface area (Å²) in [7, 11) is 0. The van der Waals surface area contributed by atoms with E-state index in [-0.39, 0.29) is 11.9 Å². The van der Waals surface area contributed by atoms with Crippen LogP contribution >= 0.6 is 0 Å². The Morgan fingerprint density at radius 2 is 2.58 bits per heavy atom. The second-order valence-electron chi connectivity index (χ2n) is 2.55. The molecule has 0 saturated carbocycles. The maximum Gasteiger partial charge on any atom is 0.306 e. The number of hydrogen-bond acceptors (Lipinski definition) is 3. The minimum atomic E-state index is -0.586. The first-order chi connectivity index (χ1) is 5.74. The average Bonchev–Trinajstić information content (AvgIpc) is 2.47. The molecular formula is C8H11NO3. The molecule has 1 saturated heterocycles. The van der Waals surface area contributed by atoms with Crippen LogP contribution in [0.2, 0.25) is 0 Å². The monoisotopic (exact) mass is 169 g/mol. The van der Waals surface area contributed by atoms with Gasteiger partial charge < -0.3 is 10.1 Å². The Bertz CT molecular complexity index is 212. The third-order valence-electron chi connectivity index (χ3n) is 1.60. The number of cyclic esters (lactones) is 1. The van der Waals surface area contributed by atoms with Gasteiger partial charge in [-0.05, 0) is 0 Å². The van der Waals surface area contributed by atoms with Crippen LogP contribution in [0, 0.1) is 0 Å². The molecule has 1 heterocycles. The largest absolute Gasteiger partial charge is 0.452 e. The van der Waals surface area contributed by atoms with E-state index in [1.54, 1.807) is 6.08 Å². The van der Waals surface area contributed by atoms with Gasteiger partial charge in [0.1, 0.15) is 0 Å². The van der Waals surface area contributed by atoms with Crippen LogP contribution in [-0.2, 0) is 14.3 Å². The van der Waals surface area contributed by atoms with Crippen LogP contribution in [0.4, 0.5) is 0 Å². The van der Waals surface area contributed by atoms with Crippen molar-refractivity contribution in [1.82, 2.24) is 5.32 Å². The highest BCUT2D eigenvalue weighted by atomic mass is 16.6. The standard InChI is InChI=1S/C8H11NO3/c1-2-5-9-8(11)6-3-4-7(10)12-6/h2,6H,1,3-5H2,(H,9,11)/t6-/m0/s1. The SMILES string of the molecule is C=CCNC(=O)[C@@H]1CCC(=O)O1. The normalized spacial score (nSPS) is 21.7. The van der Waals surface area contributed by atoms with Gasteiger partial charge in [-0.2, -0.15) is 0 Å². The first-order valence-electron chi connectivity index (χ1n) is 3.82. The van der Waals surface area contributed by atoms with Gasteiger partial charge in [0.2, 0.25) is 0 Å². The molecule has 1 amide bonds. The summed E-state index contributed by atoms with van der Waals surface area (Å²) >= 11 is 0. The number of nitrogens with one attached hydrogen (secondary N) is 1. The van der Waals surface area contributed by atoms with Gasteiger partial charge in [-0.15, -0.1) is 6.58 Å². The molecular weight excluding hydrogens is 158 g/mol. The van der Waals surface area contributed by atoms with Crippen molar-refractivity contribution in [2.45, 2.75) is 18.9 Å². The topological polar surface area (TPSA) is 55.4 Å². The molecule has 12 heavy (non-hydrogen) atoms. The van der Waals surface area contributed by atoms with Crippen molar-refractivity contribution in [3.63, 3.8) is 0 Å². The van der Waals surface area contributed by atoms with Gasteiger partial charge in [0.25, 0.3) is 5.91 Å². The second kappa shape index (κ2) is 3.90. The Morgan fingerprint density at radius 1 is 1.83 bits per heavy atom. The molecule has 0 aromatic rings. The molecule has 0 aromatic carbocycles. The second-order valence-corrected chi connectivity index (χ2v) is 2.55. The molecule has 1 aliphatic rings. The molecule has 1 fully saturated rings. The van der Waals surface area contributed by atoms with Crippen molar-refractivity contribution in [1.29, 1.82) is 0 Å². The fourth-order valence-corrected chi connectivity index (χ4v) is 0.997. The first-order valence-corrected chi connectivity index (χ1v) is 3.82. The van der Waals surface area contributed by atoms with E-state index in [9.17, 15) is 9.59 Å². The fraction of sp³-hybridized carbons (Fsp3) is 0.500. The zero-order chi connectivity index (χ0) is 8.97. The van der Waals surface area contributed by atoms with E-state index in [2.05, 4.69) is 11.9 Å². The summed E-state index contributed by atoms with van der Waals surface area (Å²) in [5.74, 6) is -0.533. The van der Waals surface area contributed by atoms with Gasteiger partial charge in [0, 0.05) is 19.4 Å². The summed E-state index contributed by atoms with van der Waals surface area (Å²) < 4.78 is 4.73. The molecule has 1 atom stereocenters. The quantitative estimate of drug-likeness (QED) is 0.477. The lowest BCUT2D eigenvalue weighted by Gasteiger charge is -2.07. The predicted octanol–water partition coefficient (Wildman–Crippen LogP) is -0.00580. The van der Waals surface area contributed by atoms with Gasteiger partial charge in [-0.25, -0.2) is 0 Å². The maximum absolute atomic E-state index is 11.1. The number of esters is 1. The van der Waals surface area contributed by atoms with E-state index in [0.717, 1.165) is 0 Å². The minimum absolute atomic E-state index is 0.235. The predicted molar refractivity (Wildman–Crippen MR) is 42.3 cm³/mol. The minimum Gasteiger partial charge on any atom is -0.452 e. The fourth-order valence-electron chi connectivity index (χ4n) is 0.997. The smallest absolute Gasteiger partial charge is 0.306 e. The van der Waals surface area contributed by atoms with Crippen molar-refractivity contribution in [3.8, 4) is 0 Å². The van der Waals surface area contributed by atoms with Crippen LogP contribution in [0.3, 0.4) is 0 Å². The third kappa shape index (κ3) is 2.08. The van der Waals surface area contributed by atoms with Crippen LogP contribution < -0.4 is 5.32 Å². The summed E-state index contributed by atoms with van der Waals surface area (Å²) in [5.41, 5.74) is 0. The Labute approximate surface area is 70.6 Å². The van der Waals surface area contributed by atoms with Crippen molar-refractivity contribution in [2.24, 2.45) is 0 Å². The number of rotatable bonds is 3. The summed E-state index contributed by atoms with van der Waals surface area (Å²) in [4.78, 5) is 21.7. The Kier molecular flexibility index (Phi) is 2.85. The molecule has 0 radical (unpaired) electrons. The maximum atomic E-state index is 11.1. The van der Waals surface area contributed by atoms with E-state index in [1.165, 1.54) is 0 Å². The Balaban J connectivity index is 2.32. The molecule has 0 bridgehead atoms. The van der Waals surface area contributed by atoms with E-state index in [4.69, 9.17) is 4.74 Å². The van der Waals surface area contributed by atoms with E-state index in [0.29, 0.717) is 19.4 Å². The average molecular weight is 169 g/mol. The molecule has 0 unspecified atom stereocenters. The molecule has 4 nitrogen and oxygen atoms in total. The zero-order valence-corrected chi connectivity index (χ0v) is 6.71. The van der Waals surface area contributed by atoms with Crippen LogP contribution in [0.25, 0.3) is 0 Å². The summed E-state index contributed by atoms with van der Waals surface area (Å²) in [6.07, 6.45) is 1.82. The van der Waals surface area contributed by atoms with Crippen molar-refractivity contribution < 1.29 is 14.3 Å².